The number of hydrogen-bond acceptors (Lipinski definition) is 2. The number of nitrogens with zero attached hydrogens (tertiary/aromatic N) is 1. The molecule has 0 spiro atoms. The Bertz CT molecular complexity index is 579. The molecule has 0 bridgehead atoms. The topological polar surface area (TPSA) is 34.0 Å². The van der Waals surface area contributed by atoms with Gasteiger partial charge in [-0.15, -0.1) is 0 Å². The second-order valence-corrected chi connectivity index (χ2v) is 4.99. The molecule has 1 aliphatic rings. The van der Waals surface area contributed by atoms with E-state index in [9.17, 15) is 4.79 Å². The standard InChI is InChI=1S/C15H18N2O/c1-11(18)17-10-13(14-7-4-5-9-16-14)12-6-2-3-8-15(12)17/h2-3,6,8,10,14,16H,4-5,7,9H2,1H3/t14-/m1/s1. The summed E-state index contributed by atoms with van der Waals surface area (Å²) in [4.78, 5) is 11.7. The van der Waals surface area contributed by atoms with Gasteiger partial charge in [0.05, 0.1) is 5.52 Å². The highest BCUT2D eigenvalue weighted by molar-refractivity contribution is 5.93. The lowest BCUT2D eigenvalue weighted by Crippen LogP contribution is -2.26. The lowest BCUT2D eigenvalue weighted by molar-refractivity contribution is 0.0941. The summed E-state index contributed by atoms with van der Waals surface area (Å²) in [5, 5.41) is 4.76. The van der Waals surface area contributed by atoms with Crippen molar-refractivity contribution in [3.8, 4) is 0 Å². The van der Waals surface area contributed by atoms with Crippen LogP contribution in [-0.2, 0) is 0 Å². The first-order valence-electron chi connectivity index (χ1n) is 6.61. The van der Waals surface area contributed by atoms with Crippen molar-refractivity contribution in [2.75, 3.05) is 6.54 Å². The fourth-order valence-corrected chi connectivity index (χ4v) is 2.86. The first-order chi connectivity index (χ1) is 8.77. The van der Waals surface area contributed by atoms with Gasteiger partial charge < -0.3 is 5.32 Å². The number of hydrogen-bond donors (Lipinski definition) is 1. The third-order valence-corrected chi connectivity index (χ3v) is 3.77. The number of piperidine rings is 1. The number of nitrogens with one attached hydrogen (secondary N) is 1. The van der Waals surface area contributed by atoms with Gasteiger partial charge in [0.25, 0.3) is 0 Å². The molecule has 3 nitrogen and oxygen atoms in total. The minimum atomic E-state index is 0.0771. The van der Waals surface area contributed by atoms with E-state index in [1.807, 2.05) is 24.4 Å². The number of fused-ring (bicyclic) bond motifs is 1. The third-order valence-electron chi connectivity index (χ3n) is 3.77. The molecule has 1 N–H and O–H groups in total. The number of para-hydroxylation sites is 1. The maximum absolute atomic E-state index is 11.7. The predicted octanol–water partition coefficient (Wildman–Crippen LogP) is 3.12. The fourth-order valence-electron chi connectivity index (χ4n) is 2.86. The third kappa shape index (κ3) is 1.85. The van der Waals surface area contributed by atoms with Crippen molar-refractivity contribution in [3.05, 3.63) is 36.0 Å². The second kappa shape index (κ2) is 4.58. The van der Waals surface area contributed by atoms with Crippen molar-refractivity contribution in [2.45, 2.75) is 32.2 Å². The van der Waals surface area contributed by atoms with Crippen molar-refractivity contribution >= 4 is 16.8 Å². The van der Waals surface area contributed by atoms with E-state index in [0.717, 1.165) is 18.5 Å². The highest BCUT2D eigenvalue weighted by Crippen LogP contribution is 2.30. The van der Waals surface area contributed by atoms with Crippen molar-refractivity contribution in [1.29, 1.82) is 0 Å². The number of carbonyl (C=O) groups is 1. The van der Waals surface area contributed by atoms with Gasteiger partial charge in [-0.25, -0.2) is 0 Å². The average molecular weight is 242 g/mol. The number of carbonyl (C=O) groups excluding carboxylic acids is 1. The Morgan fingerprint density at radius 1 is 1.33 bits per heavy atom. The molecule has 0 saturated carbocycles. The Hall–Kier alpha value is -1.61. The van der Waals surface area contributed by atoms with Crippen LogP contribution < -0.4 is 5.32 Å². The zero-order valence-corrected chi connectivity index (χ0v) is 10.6. The van der Waals surface area contributed by atoms with Crippen LogP contribution in [0, 0.1) is 0 Å². The zero-order chi connectivity index (χ0) is 12.5. The summed E-state index contributed by atoms with van der Waals surface area (Å²) in [6, 6.07) is 8.55. The summed E-state index contributed by atoms with van der Waals surface area (Å²) in [5.74, 6) is 0.0771. The molecule has 94 valence electrons. The quantitative estimate of drug-likeness (QED) is 0.833. The molecule has 3 rings (SSSR count). The Kier molecular flexibility index (Phi) is 2.92. The predicted molar refractivity (Wildman–Crippen MR) is 72.8 cm³/mol. The Balaban J connectivity index is 2.13. The van der Waals surface area contributed by atoms with Gasteiger partial charge in [0.2, 0.25) is 5.91 Å². The molecule has 0 aliphatic carbocycles. The average Bonchev–Trinajstić information content (AvgIpc) is 2.79. The van der Waals surface area contributed by atoms with Crippen LogP contribution in [0.4, 0.5) is 0 Å². The van der Waals surface area contributed by atoms with Gasteiger partial charge in [-0.1, -0.05) is 24.6 Å². The molecule has 1 fully saturated rings. The molecule has 0 unspecified atom stereocenters. The van der Waals surface area contributed by atoms with Crippen LogP contribution in [0.25, 0.3) is 10.9 Å². The second-order valence-electron chi connectivity index (χ2n) is 4.99. The van der Waals surface area contributed by atoms with E-state index in [1.54, 1.807) is 11.5 Å². The van der Waals surface area contributed by atoms with E-state index in [1.165, 1.54) is 23.8 Å². The Morgan fingerprint density at radius 3 is 2.89 bits per heavy atom. The van der Waals surface area contributed by atoms with Crippen molar-refractivity contribution in [3.63, 3.8) is 0 Å². The van der Waals surface area contributed by atoms with Crippen molar-refractivity contribution in [2.24, 2.45) is 0 Å². The summed E-state index contributed by atoms with van der Waals surface area (Å²) in [6.07, 6.45) is 5.68. The normalized spacial score (nSPS) is 20.2. The van der Waals surface area contributed by atoms with Crippen LogP contribution in [0.1, 0.15) is 42.6 Å². The molecular formula is C15H18N2O. The summed E-state index contributed by atoms with van der Waals surface area (Å²) in [6.45, 7) is 2.69. The molecular weight excluding hydrogens is 224 g/mol. The largest absolute Gasteiger partial charge is 0.310 e. The van der Waals surface area contributed by atoms with Crippen LogP contribution in [0.2, 0.25) is 0 Å². The molecule has 1 aromatic carbocycles. The number of benzene rings is 1. The molecule has 3 heteroatoms. The SMILES string of the molecule is CC(=O)n1cc([C@H]2CCCCN2)c2ccccc21. The maximum atomic E-state index is 11.7. The van der Waals surface area contributed by atoms with E-state index < -0.39 is 0 Å². The lowest BCUT2D eigenvalue weighted by Gasteiger charge is -2.23. The Morgan fingerprint density at radius 2 is 2.17 bits per heavy atom. The van der Waals surface area contributed by atoms with Crippen molar-refractivity contribution < 1.29 is 4.79 Å². The molecule has 1 saturated heterocycles. The number of aromatic nitrogens is 1. The summed E-state index contributed by atoms with van der Waals surface area (Å²) in [5.41, 5.74) is 2.29. The summed E-state index contributed by atoms with van der Waals surface area (Å²) < 4.78 is 1.76. The van der Waals surface area contributed by atoms with Crippen LogP contribution in [0.3, 0.4) is 0 Å². The molecule has 18 heavy (non-hydrogen) atoms. The zero-order valence-electron chi connectivity index (χ0n) is 10.6. The highest BCUT2D eigenvalue weighted by atomic mass is 16.1. The molecule has 2 heterocycles. The minimum Gasteiger partial charge on any atom is -0.310 e. The van der Waals surface area contributed by atoms with Crippen LogP contribution in [0.5, 0.6) is 0 Å². The molecule has 1 aromatic heterocycles. The van der Waals surface area contributed by atoms with Crippen LogP contribution >= 0.6 is 0 Å². The maximum Gasteiger partial charge on any atom is 0.227 e. The van der Waals surface area contributed by atoms with Gasteiger partial charge in [-0.05, 0) is 31.0 Å². The molecule has 1 atom stereocenters. The van der Waals surface area contributed by atoms with Gasteiger partial charge in [0, 0.05) is 24.5 Å². The van der Waals surface area contributed by atoms with E-state index in [0.29, 0.717) is 6.04 Å². The molecule has 0 amide bonds. The van der Waals surface area contributed by atoms with E-state index in [2.05, 4.69) is 11.4 Å². The van der Waals surface area contributed by atoms with Gasteiger partial charge in [-0.2, -0.15) is 0 Å². The van der Waals surface area contributed by atoms with Gasteiger partial charge in [-0.3, -0.25) is 9.36 Å². The van der Waals surface area contributed by atoms with Crippen LogP contribution in [0.15, 0.2) is 30.5 Å². The first kappa shape index (κ1) is 11.5. The Labute approximate surface area is 107 Å². The van der Waals surface area contributed by atoms with Gasteiger partial charge in [0.15, 0.2) is 0 Å². The van der Waals surface area contributed by atoms with Gasteiger partial charge in [0.1, 0.15) is 0 Å². The van der Waals surface area contributed by atoms with E-state index >= 15 is 0 Å². The van der Waals surface area contributed by atoms with Crippen molar-refractivity contribution in [1.82, 2.24) is 9.88 Å². The smallest absolute Gasteiger partial charge is 0.227 e. The van der Waals surface area contributed by atoms with Gasteiger partial charge >= 0.3 is 0 Å². The van der Waals surface area contributed by atoms with E-state index in [4.69, 9.17) is 0 Å². The molecule has 2 aromatic rings. The highest BCUT2D eigenvalue weighted by Gasteiger charge is 2.20. The number of rotatable bonds is 1. The molecule has 0 radical (unpaired) electrons. The molecule has 1 aliphatic heterocycles. The first-order valence-corrected chi connectivity index (χ1v) is 6.61. The summed E-state index contributed by atoms with van der Waals surface area (Å²) in [7, 11) is 0. The fraction of sp³-hybridized carbons (Fsp3) is 0.400. The lowest BCUT2D eigenvalue weighted by atomic mass is 9.97. The monoisotopic (exact) mass is 242 g/mol. The summed E-state index contributed by atoms with van der Waals surface area (Å²) >= 11 is 0. The van der Waals surface area contributed by atoms with E-state index in [-0.39, 0.29) is 5.91 Å². The van der Waals surface area contributed by atoms with Crippen LogP contribution in [-0.4, -0.2) is 17.0 Å². The minimum absolute atomic E-state index is 0.0771.